The number of anilines is 1. The van der Waals surface area contributed by atoms with E-state index in [0.717, 1.165) is 0 Å². The standard InChI is InChI=1S/C14H23N6O5P/c1-4-24-26(23,25-5-2)9-8-19-10-13(17-18-19)20-7-6-12(15-11(3)21)16-14(20)22/h6-7,10,12H,4-5,8-9H2,1-3H3,(H,15,21)(H,16,22). The lowest BCUT2D eigenvalue weighted by atomic mass is 10.3. The first-order chi connectivity index (χ1) is 12.4. The summed E-state index contributed by atoms with van der Waals surface area (Å²) < 4.78 is 24.4. The topological polar surface area (TPSA) is 128 Å². The first kappa shape index (κ1) is 20.1. The lowest BCUT2D eigenvalue weighted by molar-refractivity contribution is -0.119. The number of aryl methyl sites for hydroxylation is 1. The lowest BCUT2D eigenvalue weighted by Gasteiger charge is -2.25. The minimum absolute atomic E-state index is 0.143. The Balaban J connectivity index is 2.00. The summed E-state index contributed by atoms with van der Waals surface area (Å²) in [6.07, 6.45) is 4.23. The van der Waals surface area contributed by atoms with Gasteiger partial charge >= 0.3 is 13.6 Å². The number of aromatic nitrogens is 3. The van der Waals surface area contributed by atoms with E-state index in [0.29, 0.717) is 5.82 Å². The van der Waals surface area contributed by atoms with Gasteiger partial charge in [0.1, 0.15) is 6.17 Å². The van der Waals surface area contributed by atoms with Gasteiger partial charge < -0.3 is 19.7 Å². The third-order valence-electron chi connectivity index (χ3n) is 3.31. The van der Waals surface area contributed by atoms with Gasteiger partial charge in [-0.1, -0.05) is 5.21 Å². The monoisotopic (exact) mass is 386 g/mol. The van der Waals surface area contributed by atoms with Crippen molar-refractivity contribution in [3.63, 3.8) is 0 Å². The van der Waals surface area contributed by atoms with Crippen molar-refractivity contribution in [3.05, 3.63) is 18.5 Å². The van der Waals surface area contributed by atoms with Crippen LogP contribution in [0.4, 0.5) is 10.6 Å². The Labute approximate surface area is 151 Å². The van der Waals surface area contributed by atoms with Gasteiger partial charge in [0.05, 0.1) is 32.1 Å². The van der Waals surface area contributed by atoms with Crippen LogP contribution < -0.4 is 15.5 Å². The molecule has 0 saturated carbocycles. The van der Waals surface area contributed by atoms with E-state index >= 15 is 0 Å². The number of carbonyl (C=O) groups is 2. The Morgan fingerprint density at radius 1 is 1.38 bits per heavy atom. The molecule has 0 bridgehead atoms. The number of urea groups is 1. The molecule has 144 valence electrons. The zero-order valence-corrected chi connectivity index (χ0v) is 15.8. The maximum atomic E-state index is 12.4. The van der Waals surface area contributed by atoms with Crippen LogP contribution in [0.25, 0.3) is 0 Å². The van der Waals surface area contributed by atoms with Gasteiger partial charge in [-0.15, -0.1) is 5.10 Å². The minimum Gasteiger partial charge on any atom is -0.333 e. The average Bonchev–Trinajstić information content (AvgIpc) is 3.02. The van der Waals surface area contributed by atoms with Crippen LogP contribution in [0.1, 0.15) is 20.8 Å². The number of hydrogen-bond acceptors (Lipinski definition) is 7. The molecule has 12 heteroatoms. The first-order valence-electron chi connectivity index (χ1n) is 8.20. The molecule has 0 aromatic carbocycles. The summed E-state index contributed by atoms with van der Waals surface area (Å²) in [5, 5.41) is 13.0. The van der Waals surface area contributed by atoms with Gasteiger partial charge in [0, 0.05) is 13.1 Å². The summed E-state index contributed by atoms with van der Waals surface area (Å²) in [6.45, 7) is 5.69. The molecule has 1 aliphatic heterocycles. The molecule has 0 fully saturated rings. The summed E-state index contributed by atoms with van der Waals surface area (Å²) in [6, 6.07) is -0.451. The molecule has 1 aliphatic rings. The molecule has 0 radical (unpaired) electrons. The quantitative estimate of drug-likeness (QED) is 0.607. The zero-order valence-electron chi connectivity index (χ0n) is 14.9. The molecule has 1 atom stereocenters. The fourth-order valence-electron chi connectivity index (χ4n) is 2.27. The molecule has 1 unspecified atom stereocenters. The van der Waals surface area contributed by atoms with Crippen molar-refractivity contribution in [2.45, 2.75) is 33.5 Å². The van der Waals surface area contributed by atoms with Crippen molar-refractivity contribution >= 4 is 25.4 Å². The molecule has 2 N–H and O–H groups in total. The van der Waals surface area contributed by atoms with Gasteiger partial charge in [-0.05, 0) is 19.9 Å². The number of hydrogen-bond donors (Lipinski definition) is 2. The van der Waals surface area contributed by atoms with Gasteiger partial charge in [-0.25, -0.2) is 9.48 Å². The summed E-state index contributed by atoms with van der Waals surface area (Å²) in [4.78, 5) is 24.4. The van der Waals surface area contributed by atoms with E-state index in [1.54, 1.807) is 26.1 Å². The van der Waals surface area contributed by atoms with E-state index < -0.39 is 19.8 Å². The predicted octanol–water partition coefficient (Wildman–Crippen LogP) is 1.05. The minimum atomic E-state index is -3.18. The fourth-order valence-corrected chi connectivity index (χ4v) is 3.84. The van der Waals surface area contributed by atoms with Gasteiger partial charge in [0.2, 0.25) is 5.91 Å². The maximum absolute atomic E-state index is 12.4. The molecule has 0 saturated heterocycles. The van der Waals surface area contributed by atoms with Gasteiger partial charge in [-0.3, -0.25) is 14.3 Å². The molecule has 3 amide bonds. The van der Waals surface area contributed by atoms with Crippen LogP contribution in [0.2, 0.25) is 0 Å². The molecule has 2 heterocycles. The van der Waals surface area contributed by atoms with Crippen LogP contribution in [0.5, 0.6) is 0 Å². The summed E-state index contributed by atoms with van der Waals surface area (Å²) in [7, 11) is -3.18. The number of nitrogens with zero attached hydrogens (tertiary/aromatic N) is 4. The van der Waals surface area contributed by atoms with Gasteiger partial charge in [0.25, 0.3) is 0 Å². The normalized spacial score (nSPS) is 17.3. The lowest BCUT2D eigenvalue weighted by Crippen LogP contribution is -2.53. The van der Waals surface area contributed by atoms with Crippen molar-refractivity contribution in [1.82, 2.24) is 25.6 Å². The Morgan fingerprint density at radius 2 is 2.08 bits per heavy atom. The highest BCUT2D eigenvalue weighted by atomic mass is 31.2. The Bertz CT molecular complexity index is 710. The smallest absolute Gasteiger partial charge is 0.332 e. The van der Waals surface area contributed by atoms with Gasteiger partial charge in [0.15, 0.2) is 5.82 Å². The van der Waals surface area contributed by atoms with E-state index in [-0.39, 0.29) is 31.8 Å². The second-order valence-electron chi connectivity index (χ2n) is 5.35. The molecular formula is C14H23N6O5P. The summed E-state index contributed by atoms with van der Waals surface area (Å²) in [5.41, 5.74) is 0. The molecule has 1 aromatic heterocycles. The molecule has 1 aromatic rings. The highest BCUT2D eigenvalue weighted by Gasteiger charge is 2.26. The fraction of sp³-hybridized carbons (Fsp3) is 0.571. The molecule has 0 spiro atoms. The summed E-state index contributed by atoms with van der Waals surface area (Å²) in [5.74, 6) is 0.0371. The largest absolute Gasteiger partial charge is 0.333 e. The third-order valence-corrected chi connectivity index (χ3v) is 5.36. The average molecular weight is 386 g/mol. The van der Waals surface area contributed by atoms with Crippen LogP contribution >= 0.6 is 7.60 Å². The van der Waals surface area contributed by atoms with E-state index in [4.69, 9.17) is 9.05 Å². The molecule has 26 heavy (non-hydrogen) atoms. The highest BCUT2D eigenvalue weighted by molar-refractivity contribution is 7.53. The highest BCUT2D eigenvalue weighted by Crippen LogP contribution is 2.47. The Hall–Kier alpha value is -2.23. The van der Waals surface area contributed by atoms with E-state index in [2.05, 4.69) is 20.9 Å². The number of carbonyl (C=O) groups excluding carboxylic acids is 2. The van der Waals surface area contributed by atoms with E-state index in [9.17, 15) is 14.2 Å². The Kier molecular flexibility index (Phi) is 6.90. The SMILES string of the molecule is CCOP(=O)(CCn1cc(N2C=CC(NC(C)=O)NC2=O)nn1)OCC. The first-order valence-corrected chi connectivity index (χ1v) is 9.93. The van der Waals surface area contributed by atoms with Crippen LogP contribution in [0, 0.1) is 0 Å². The van der Waals surface area contributed by atoms with E-state index in [1.807, 2.05) is 0 Å². The molecule has 0 aliphatic carbocycles. The molecular weight excluding hydrogens is 363 g/mol. The second kappa shape index (κ2) is 8.93. The van der Waals surface area contributed by atoms with Crippen molar-refractivity contribution in [1.29, 1.82) is 0 Å². The van der Waals surface area contributed by atoms with Crippen molar-refractivity contribution in [3.8, 4) is 0 Å². The number of rotatable bonds is 9. The Morgan fingerprint density at radius 3 is 2.65 bits per heavy atom. The molecule has 2 rings (SSSR count). The van der Waals surface area contributed by atoms with Gasteiger partial charge in [-0.2, -0.15) is 0 Å². The summed E-state index contributed by atoms with van der Waals surface area (Å²) >= 11 is 0. The van der Waals surface area contributed by atoms with Crippen molar-refractivity contribution in [2.24, 2.45) is 0 Å². The van der Waals surface area contributed by atoms with E-state index in [1.165, 1.54) is 22.7 Å². The van der Waals surface area contributed by atoms with Crippen molar-refractivity contribution in [2.75, 3.05) is 24.3 Å². The van der Waals surface area contributed by atoms with Crippen LogP contribution in [-0.4, -0.2) is 52.5 Å². The maximum Gasteiger partial charge on any atom is 0.332 e. The second-order valence-corrected chi connectivity index (χ2v) is 7.53. The zero-order chi connectivity index (χ0) is 19.2. The number of nitrogens with one attached hydrogen (secondary N) is 2. The van der Waals surface area contributed by atoms with Crippen LogP contribution in [0.15, 0.2) is 18.5 Å². The van der Waals surface area contributed by atoms with Crippen LogP contribution in [0.3, 0.4) is 0 Å². The number of amides is 3. The third kappa shape index (κ3) is 5.38. The molecule has 11 nitrogen and oxygen atoms in total. The predicted molar refractivity (Wildman–Crippen MR) is 93.5 cm³/mol. The van der Waals surface area contributed by atoms with Crippen LogP contribution in [-0.2, 0) is 25.0 Å². The van der Waals surface area contributed by atoms with Crippen molar-refractivity contribution < 1.29 is 23.2 Å².